The van der Waals surface area contributed by atoms with Gasteiger partial charge < -0.3 is 25.0 Å². The Kier molecular flexibility index (Phi) is 5.63. The van der Waals surface area contributed by atoms with Gasteiger partial charge in [0.25, 0.3) is 0 Å². The molecule has 2 N–H and O–H groups in total. The summed E-state index contributed by atoms with van der Waals surface area (Å²) >= 11 is 0. The maximum atomic E-state index is 12.5. The summed E-state index contributed by atoms with van der Waals surface area (Å²) in [4.78, 5) is 16.3. The van der Waals surface area contributed by atoms with E-state index >= 15 is 0 Å². The lowest BCUT2D eigenvalue weighted by molar-refractivity contribution is 0.166. The van der Waals surface area contributed by atoms with Crippen molar-refractivity contribution in [1.82, 2.24) is 9.80 Å². The molecule has 1 fully saturated rings. The number of para-hydroxylation sites is 2. The molecule has 122 valence electrons. The van der Waals surface area contributed by atoms with Gasteiger partial charge in [-0.2, -0.15) is 0 Å². The number of urea groups is 1. The molecule has 1 aliphatic heterocycles. The molecule has 1 aromatic rings. The fourth-order valence-corrected chi connectivity index (χ4v) is 2.73. The van der Waals surface area contributed by atoms with Crippen LogP contribution in [-0.4, -0.2) is 66.9 Å². The van der Waals surface area contributed by atoms with Crippen LogP contribution in [0.4, 0.5) is 10.5 Å². The van der Waals surface area contributed by atoms with Crippen molar-refractivity contribution in [2.24, 2.45) is 0 Å². The van der Waals surface area contributed by atoms with Gasteiger partial charge in [-0.3, -0.25) is 0 Å². The molecule has 0 radical (unpaired) electrons. The van der Waals surface area contributed by atoms with E-state index in [9.17, 15) is 9.90 Å². The second-order valence-corrected chi connectivity index (χ2v) is 5.70. The minimum absolute atomic E-state index is 0.0229. The first-order valence-electron chi connectivity index (χ1n) is 7.63. The summed E-state index contributed by atoms with van der Waals surface area (Å²) < 4.78 is 5.52. The van der Waals surface area contributed by atoms with Crippen molar-refractivity contribution >= 4 is 11.7 Å². The SMILES string of the molecule is CCOc1ccccc1NC(=O)N1C[C@H](N(C)C)C[C@H]1CO. The van der Waals surface area contributed by atoms with E-state index in [0.29, 0.717) is 24.6 Å². The Morgan fingerprint density at radius 3 is 2.82 bits per heavy atom. The fraction of sp³-hybridized carbons (Fsp3) is 0.562. The first-order valence-corrected chi connectivity index (χ1v) is 7.63. The van der Waals surface area contributed by atoms with E-state index in [1.54, 1.807) is 4.90 Å². The zero-order valence-electron chi connectivity index (χ0n) is 13.5. The van der Waals surface area contributed by atoms with Gasteiger partial charge in [-0.25, -0.2) is 4.79 Å². The minimum Gasteiger partial charge on any atom is -0.492 e. The van der Waals surface area contributed by atoms with Crippen LogP contribution in [0, 0.1) is 0 Å². The molecule has 1 aromatic carbocycles. The molecular formula is C16H25N3O3. The van der Waals surface area contributed by atoms with Crippen LogP contribution in [0.2, 0.25) is 0 Å². The number of amides is 2. The van der Waals surface area contributed by atoms with Gasteiger partial charge in [-0.15, -0.1) is 0 Å². The van der Waals surface area contributed by atoms with Crippen LogP contribution >= 0.6 is 0 Å². The van der Waals surface area contributed by atoms with Gasteiger partial charge in [0.15, 0.2) is 0 Å². The standard InChI is InChI=1S/C16H25N3O3/c1-4-22-15-8-6-5-7-14(15)17-16(21)19-10-12(18(2)3)9-13(19)11-20/h5-8,12-13,20H,4,9-11H2,1-3H3,(H,17,21)/t12-,13+/m1/s1. The average Bonchev–Trinajstić information content (AvgIpc) is 2.94. The van der Waals surface area contributed by atoms with Crippen LogP contribution < -0.4 is 10.1 Å². The van der Waals surface area contributed by atoms with Gasteiger partial charge in [0.1, 0.15) is 5.75 Å². The first-order chi connectivity index (χ1) is 10.6. The molecule has 6 nitrogen and oxygen atoms in total. The van der Waals surface area contributed by atoms with Crippen molar-refractivity contribution in [1.29, 1.82) is 0 Å². The van der Waals surface area contributed by atoms with E-state index in [-0.39, 0.29) is 24.7 Å². The summed E-state index contributed by atoms with van der Waals surface area (Å²) in [6.07, 6.45) is 0.782. The van der Waals surface area contributed by atoms with Crippen molar-refractivity contribution in [2.45, 2.75) is 25.4 Å². The summed E-state index contributed by atoms with van der Waals surface area (Å²) in [6, 6.07) is 7.29. The molecular weight excluding hydrogens is 282 g/mol. The Labute approximate surface area is 131 Å². The number of hydrogen-bond acceptors (Lipinski definition) is 4. The predicted octanol–water partition coefficient (Wildman–Crippen LogP) is 1.61. The average molecular weight is 307 g/mol. The number of nitrogens with zero attached hydrogens (tertiary/aromatic N) is 2. The van der Waals surface area contributed by atoms with Crippen LogP contribution in [0.3, 0.4) is 0 Å². The second kappa shape index (κ2) is 7.47. The molecule has 22 heavy (non-hydrogen) atoms. The number of benzene rings is 1. The molecule has 6 heteroatoms. The van der Waals surface area contributed by atoms with Crippen molar-refractivity contribution in [3.8, 4) is 5.75 Å². The lowest BCUT2D eigenvalue weighted by Crippen LogP contribution is -2.41. The van der Waals surface area contributed by atoms with Crippen molar-refractivity contribution in [2.75, 3.05) is 39.2 Å². The smallest absolute Gasteiger partial charge is 0.322 e. The molecule has 1 saturated heterocycles. The highest BCUT2D eigenvalue weighted by Crippen LogP contribution is 2.26. The molecule has 0 aromatic heterocycles. The van der Waals surface area contributed by atoms with Crippen LogP contribution in [0.1, 0.15) is 13.3 Å². The third kappa shape index (κ3) is 3.69. The van der Waals surface area contributed by atoms with Crippen LogP contribution in [0.15, 0.2) is 24.3 Å². The molecule has 1 heterocycles. The largest absolute Gasteiger partial charge is 0.492 e. The summed E-state index contributed by atoms with van der Waals surface area (Å²) in [5, 5.41) is 12.4. The molecule has 0 unspecified atom stereocenters. The minimum atomic E-state index is -0.199. The molecule has 0 aliphatic carbocycles. The topological polar surface area (TPSA) is 65.0 Å². The summed E-state index contributed by atoms with van der Waals surface area (Å²) in [7, 11) is 3.98. The number of hydrogen-bond donors (Lipinski definition) is 2. The normalized spacial score (nSPS) is 21.2. The molecule has 0 bridgehead atoms. The van der Waals surface area contributed by atoms with E-state index < -0.39 is 0 Å². The highest BCUT2D eigenvalue weighted by molar-refractivity contribution is 5.91. The maximum Gasteiger partial charge on any atom is 0.322 e. The predicted molar refractivity (Wildman–Crippen MR) is 86.3 cm³/mol. The number of aliphatic hydroxyl groups excluding tert-OH is 1. The zero-order chi connectivity index (χ0) is 16.1. The van der Waals surface area contributed by atoms with E-state index in [2.05, 4.69) is 10.2 Å². The molecule has 0 saturated carbocycles. The van der Waals surface area contributed by atoms with Gasteiger partial charge >= 0.3 is 6.03 Å². The number of ether oxygens (including phenoxy) is 1. The number of likely N-dealkylation sites (tertiary alicyclic amines) is 1. The third-order valence-electron chi connectivity index (χ3n) is 4.02. The molecule has 0 spiro atoms. The van der Waals surface area contributed by atoms with Crippen LogP contribution in [-0.2, 0) is 0 Å². The monoisotopic (exact) mass is 307 g/mol. The fourth-order valence-electron chi connectivity index (χ4n) is 2.73. The van der Waals surface area contributed by atoms with Crippen molar-refractivity contribution in [3.63, 3.8) is 0 Å². The number of aliphatic hydroxyl groups is 1. The zero-order valence-corrected chi connectivity index (χ0v) is 13.5. The summed E-state index contributed by atoms with van der Waals surface area (Å²) in [5.74, 6) is 0.655. The van der Waals surface area contributed by atoms with Crippen molar-refractivity contribution < 1.29 is 14.6 Å². The number of carbonyl (C=O) groups is 1. The third-order valence-corrected chi connectivity index (χ3v) is 4.02. The second-order valence-electron chi connectivity index (χ2n) is 5.70. The highest BCUT2D eigenvalue weighted by atomic mass is 16.5. The molecule has 2 atom stereocenters. The van der Waals surface area contributed by atoms with Gasteiger partial charge in [0, 0.05) is 12.6 Å². The van der Waals surface area contributed by atoms with Gasteiger partial charge in [-0.1, -0.05) is 12.1 Å². The van der Waals surface area contributed by atoms with Gasteiger partial charge in [-0.05, 0) is 39.6 Å². The summed E-state index contributed by atoms with van der Waals surface area (Å²) in [6.45, 7) is 3.03. The molecule has 1 aliphatic rings. The quantitative estimate of drug-likeness (QED) is 0.867. The molecule has 2 rings (SSSR count). The number of carbonyl (C=O) groups excluding carboxylic acids is 1. The lowest BCUT2D eigenvalue weighted by atomic mass is 10.2. The number of nitrogens with one attached hydrogen (secondary N) is 1. The van der Waals surface area contributed by atoms with Crippen LogP contribution in [0.5, 0.6) is 5.75 Å². The highest BCUT2D eigenvalue weighted by Gasteiger charge is 2.35. The number of likely N-dealkylation sites (N-methyl/N-ethyl adjacent to an activating group) is 1. The van der Waals surface area contributed by atoms with E-state index in [1.165, 1.54) is 0 Å². The van der Waals surface area contributed by atoms with Crippen LogP contribution in [0.25, 0.3) is 0 Å². The van der Waals surface area contributed by atoms with E-state index in [0.717, 1.165) is 6.42 Å². The Morgan fingerprint density at radius 2 is 2.18 bits per heavy atom. The lowest BCUT2D eigenvalue weighted by Gasteiger charge is -2.24. The van der Waals surface area contributed by atoms with E-state index in [4.69, 9.17) is 4.74 Å². The number of rotatable bonds is 5. The molecule has 2 amide bonds. The Balaban J connectivity index is 2.08. The first kappa shape index (κ1) is 16.6. The Hall–Kier alpha value is -1.79. The van der Waals surface area contributed by atoms with Crippen molar-refractivity contribution in [3.05, 3.63) is 24.3 Å². The Bertz CT molecular complexity index is 507. The number of anilines is 1. The maximum absolute atomic E-state index is 12.5. The summed E-state index contributed by atoms with van der Waals surface area (Å²) in [5.41, 5.74) is 0.652. The van der Waals surface area contributed by atoms with Gasteiger partial charge in [0.2, 0.25) is 0 Å². The van der Waals surface area contributed by atoms with E-state index in [1.807, 2.05) is 45.3 Å². The Morgan fingerprint density at radius 1 is 1.45 bits per heavy atom. The van der Waals surface area contributed by atoms with Gasteiger partial charge in [0.05, 0.1) is 24.9 Å².